The van der Waals surface area contributed by atoms with E-state index in [2.05, 4.69) is 5.32 Å². The summed E-state index contributed by atoms with van der Waals surface area (Å²) in [5.41, 5.74) is -0.453. The Morgan fingerprint density at radius 2 is 1.58 bits per heavy atom. The number of aromatic hydroxyl groups is 2. The third-order valence-electron chi connectivity index (χ3n) is 3.20. The van der Waals surface area contributed by atoms with E-state index in [9.17, 15) is 24.6 Å². The molecule has 0 spiro atoms. The van der Waals surface area contributed by atoms with E-state index in [0.717, 1.165) is 12.1 Å². The van der Waals surface area contributed by atoms with Crippen molar-refractivity contribution in [1.29, 1.82) is 0 Å². The Kier molecular flexibility index (Phi) is 4.69. The molecule has 0 unspecified atom stereocenters. The van der Waals surface area contributed by atoms with Crippen LogP contribution >= 0.6 is 0 Å². The Labute approximate surface area is 135 Å². The molecule has 8 heteroatoms. The van der Waals surface area contributed by atoms with Crippen molar-refractivity contribution in [3.8, 4) is 11.5 Å². The largest absolute Gasteiger partial charge is 0.508 e. The van der Waals surface area contributed by atoms with Crippen molar-refractivity contribution in [3.05, 3.63) is 58.7 Å². The van der Waals surface area contributed by atoms with Crippen LogP contribution in [0.25, 0.3) is 0 Å². The second-order valence-electron chi connectivity index (χ2n) is 4.88. The summed E-state index contributed by atoms with van der Waals surface area (Å²) in [5, 5.41) is 39.6. The molecule has 2 aromatic rings. The summed E-state index contributed by atoms with van der Waals surface area (Å²) >= 11 is 0. The van der Waals surface area contributed by atoms with E-state index in [1.165, 1.54) is 18.2 Å². The molecule has 0 saturated heterocycles. The Morgan fingerprint density at radius 1 is 0.917 bits per heavy atom. The van der Waals surface area contributed by atoms with Gasteiger partial charge in [-0.15, -0.1) is 0 Å². The highest BCUT2D eigenvalue weighted by molar-refractivity contribution is 6.02. The summed E-state index contributed by atoms with van der Waals surface area (Å²) in [5.74, 6) is -4.67. The first kappa shape index (κ1) is 16.8. The molecule has 0 bridgehead atoms. The van der Waals surface area contributed by atoms with Crippen molar-refractivity contribution >= 4 is 17.8 Å². The second kappa shape index (κ2) is 6.69. The van der Waals surface area contributed by atoms with Gasteiger partial charge >= 0.3 is 11.9 Å². The van der Waals surface area contributed by atoms with E-state index in [0.29, 0.717) is 5.56 Å². The van der Waals surface area contributed by atoms with Gasteiger partial charge in [-0.3, -0.25) is 4.79 Å². The van der Waals surface area contributed by atoms with Gasteiger partial charge < -0.3 is 25.7 Å². The molecule has 0 aliphatic heterocycles. The van der Waals surface area contributed by atoms with E-state index in [4.69, 9.17) is 10.2 Å². The van der Waals surface area contributed by atoms with Crippen molar-refractivity contribution in [2.45, 2.75) is 6.54 Å². The summed E-state index contributed by atoms with van der Waals surface area (Å²) in [6, 6.07) is 7.63. The zero-order valence-corrected chi connectivity index (χ0v) is 12.2. The molecular weight excluding hydrogens is 318 g/mol. The Hall–Kier alpha value is -3.55. The third kappa shape index (κ3) is 3.61. The van der Waals surface area contributed by atoms with Crippen LogP contribution in [0.1, 0.15) is 36.6 Å². The fourth-order valence-electron chi connectivity index (χ4n) is 2.05. The molecule has 0 aliphatic carbocycles. The van der Waals surface area contributed by atoms with Gasteiger partial charge in [-0.05, 0) is 29.8 Å². The van der Waals surface area contributed by atoms with Gasteiger partial charge in [0.15, 0.2) is 0 Å². The van der Waals surface area contributed by atoms with Gasteiger partial charge in [0, 0.05) is 6.54 Å². The van der Waals surface area contributed by atoms with Gasteiger partial charge in [0.25, 0.3) is 5.91 Å². The smallest absolute Gasteiger partial charge is 0.339 e. The van der Waals surface area contributed by atoms with Crippen molar-refractivity contribution in [2.24, 2.45) is 0 Å². The predicted octanol–water partition coefficient (Wildman–Crippen LogP) is 1.42. The molecule has 2 aromatic carbocycles. The summed E-state index contributed by atoms with van der Waals surface area (Å²) in [6.45, 7) is -0.0442. The third-order valence-corrected chi connectivity index (χ3v) is 3.20. The first-order chi connectivity index (χ1) is 11.3. The lowest BCUT2D eigenvalue weighted by Gasteiger charge is -2.10. The molecule has 124 valence electrons. The maximum atomic E-state index is 12.1. The zero-order valence-electron chi connectivity index (χ0n) is 12.2. The van der Waals surface area contributed by atoms with Gasteiger partial charge in [0.1, 0.15) is 17.1 Å². The quantitative estimate of drug-likeness (QED) is 0.521. The lowest BCUT2D eigenvalue weighted by atomic mass is 10.1. The highest BCUT2D eigenvalue weighted by atomic mass is 16.4. The van der Waals surface area contributed by atoms with Gasteiger partial charge in [-0.1, -0.05) is 12.1 Å². The zero-order chi connectivity index (χ0) is 17.9. The molecule has 0 aliphatic rings. The lowest BCUT2D eigenvalue weighted by Crippen LogP contribution is -2.23. The lowest BCUT2D eigenvalue weighted by molar-refractivity contribution is 0.0683. The van der Waals surface area contributed by atoms with Crippen LogP contribution in [0.15, 0.2) is 36.4 Å². The summed E-state index contributed by atoms with van der Waals surface area (Å²) in [4.78, 5) is 34.0. The maximum absolute atomic E-state index is 12.1. The highest BCUT2D eigenvalue weighted by Gasteiger charge is 2.20. The van der Waals surface area contributed by atoms with Crippen LogP contribution in [0, 0.1) is 0 Å². The van der Waals surface area contributed by atoms with Gasteiger partial charge in [-0.25, -0.2) is 9.59 Å². The number of carboxylic acid groups (broad SMARTS) is 2. The first-order valence-electron chi connectivity index (χ1n) is 6.69. The SMILES string of the molecule is O=C(O)c1cccc(CNC(=O)c2cc(O)cc(C(=O)O)c2O)c1. The number of amides is 1. The monoisotopic (exact) mass is 331 g/mol. The molecule has 24 heavy (non-hydrogen) atoms. The van der Waals surface area contributed by atoms with Gasteiger partial charge in [-0.2, -0.15) is 0 Å². The molecule has 2 rings (SSSR count). The van der Waals surface area contributed by atoms with Crippen molar-refractivity contribution in [2.75, 3.05) is 0 Å². The van der Waals surface area contributed by atoms with Crippen LogP contribution in [0.2, 0.25) is 0 Å². The number of rotatable bonds is 5. The summed E-state index contributed by atoms with van der Waals surface area (Å²) in [7, 11) is 0. The summed E-state index contributed by atoms with van der Waals surface area (Å²) < 4.78 is 0. The average Bonchev–Trinajstić information content (AvgIpc) is 2.54. The highest BCUT2D eigenvalue weighted by Crippen LogP contribution is 2.28. The minimum absolute atomic E-state index is 0.0442. The topological polar surface area (TPSA) is 144 Å². The average molecular weight is 331 g/mol. The van der Waals surface area contributed by atoms with Crippen molar-refractivity contribution in [3.63, 3.8) is 0 Å². The van der Waals surface area contributed by atoms with Crippen LogP contribution in [-0.4, -0.2) is 38.3 Å². The van der Waals surface area contributed by atoms with Crippen LogP contribution < -0.4 is 5.32 Å². The van der Waals surface area contributed by atoms with Crippen LogP contribution in [-0.2, 0) is 6.54 Å². The Bertz CT molecular complexity index is 829. The van der Waals surface area contributed by atoms with Crippen molar-refractivity contribution in [1.82, 2.24) is 5.32 Å². The number of carbonyl (C=O) groups excluding carboxylic acids is 1. The Morgan fingerprint density at radius 3 is 2.21 bits per heavy atom. The number of carboxylic acids is 2. The fourth-order valence-corrected chi connectivity index (χ4v) is 2.05. The first-order valence-corrected chi connectivity index (χ1v) is 6.69. The molecule has 8 nitrogen and oxygen atoms in total. The summed E-state index contributed by atoms with van der Waals surface area (Å²) in [6.07, 6.45) is 0. The molecule has 0 fully saturated rings. The standard InChI is InChI=1S/C16H13NO7/c18-10-5-11(13(19)12(6-10)16(23)24)14(20)17-7-8-2-1-3-9(4-8)15(21)22/h1-6,18-19H,7H2,(H,17,20)(H,21,22)(H,23,24). The number of phenolic OH excluding ortho intramolecular Hbond substituents is 1. The Balaban J connectivity index is 2.20. The normalized spacial score (nSPS) is 10.2. The second-order valence-corrected chi connectivity index (χ2v) is 4.88. The van der Waals surface area contributed by atoms with E-state index in [1.54, 1.807) is 6.07 Å². The number of benzene rings is 2. The number of hydrogen-bond acceptors (Lipinski definition) is 5. The fraction of sp³-hybridized carbons (Fsp3) is 0.0625. The number of phenols is 2. The van der Waals surface area contributed by atoms with E-state index in [-0.39, 0.29) is 12.1 Å². The van der Waals surface area contributed by atoms with Crippen LogP contribution in [0.4, 0.5) is 0 Å². The number of aromatic carboxylic acids is 2. The van der Waals surface area contributed by atoms with E-state index < -0.39 is 40.5 Å². The number of nitrogens with one attached hydrogen (secondary N) is 1. The molecule has 0 heterocycles. The molecule has 1 amide bonds. The molecule has 0 radical (unpaired) electrons. The van der Waals surface area contributed by atoms with Crippen LogP contribution in [0.3, 0.4) is 0 Å². The minimum Gasteiger partial charge on any atom is -0.508 e. The van der Waals surface area contributed by atoms with Gasteiger partial charge in [0.2, 0.25) is 0 Å². The van der Waals surface area contributed by atoms with E-state index >= 15 is 0 Å². The minimum atomic E-state index is -1.49. The van der Waals surface area contributed by atoms with Gasteiger partial charge in [0.05, 0.1) is 11.1 Å². The molecule has 0 atom stereocenters. The van der Waals surface area contributed by atoms with Crippen LogP contribution in [0.5, 0.6) is 11.5 Å². The van der Waals surface area contributed by atoms with E-state index in [1.807, 2.05) is 0 Å². The van der Waals surface area contributed by atoms with Crippen molar-refractivity contribution < 1.29 is 34.8 Å². The molecule has 5 N–H and O–H groups in total. The molecule has 0 saturated carbocycles. The molecule has 0 aromatic heterocycles. The predicted molar refractivity (Wildman–Crippen MR) is 81.3 cm³/mol. The maximum Gasteiger partial charge on any atom is 0.339 e. The number of carbonyl (C=O) groups is 3. The molecular formula is C16H13NO7. The number of hydrogen-bond donors (Lipinski definition) is 5.